The minimum absolute atomic E-state index is 0.00130. The highest BCUT2D eigenvalue weighted by molar-refractivity contribution is 5.76. The molecule has 1 fully saturated rings. The van der Waals surface area contributed by atoms with Crippen LogP contribution >= 0.6 is 0 Å². The summed E-state index contributed by atoms with van der Waals surface area (Å²) in [7, 11) is 0. The quantitative estimate of drug-likeness (QED) is 0.829. The highest BCUT2D eigenvalue weighted by Crippen LogP contribution is 2.17. The number of carbonyl (C=O) groups is 1. The maximum absolute atomic E-state index is 13.5. The monoisotopic (exact) mass is 356 g/mol. The van der Waals surface area contributed by atoms with Crippen LogP contribution in [-0.2, 0) is 22.4 Å². The molecule has 0 aromatic heterocycles. The Morgan fingerprint density at radius 1 is 1.04 bits per heavy atom. The fourth-order valence-electron chi connectivity index (χ4n) is 3.08. The number of nitrogens with zero attached hydrogens (tertiary/aromatic N) is 1. The molecular weight excluding hydrogens is 331 g/mol. The summed E-state index contributed by atoms with van der Waals surface area (Å²) in [5, 5.41) is 2.86. The third-order valence-corrected chi connectivity index (χ3v) is 4.63. The number of hydrogen-bond donors (Lipinski definition) is 1. The highest BCUT2D eigenvalue weighted by Gasteiger charge is 2.11. The van der Waals surface area contributed by atoms with Crippen LogP contribution in [0.1, 0.15) is 17.5 Å². The van der Waals surface area contributed by atoms with E-state index in [-0.39, 0.29) is 11.7 Å². The van der Waals surface area contributed by atoms with E-state index in [0.29, 0.717) is 31.4 Å². The first-order valence-corrected chi connectivity index (χ1v) is 9.14. The van der Waals surface area contributed by atoms with E-state index in [0.717, 1.165) is 31.9 Å². The molecule has 138 valence electrons. The molecule has 3 rings (SSSR count). The number of amides is 1. The van der Waals surface area contributed by atoms with Gasteiger partial charge in [-0.05, 0) is 42.2 Å². The number of nitrogens with one attached hydrogen (secondary N) is 1. The van der Waals surface area contributed by atoms with Crippen LogP contribution in [0.5, 0.6) is 0 Å². The second-order valence-corrected chi connectivity index (χ2v) is 6.46. The summed E-state index contributed by atoms with van der Waals surface area (Å²) in [4.78, 5) is 14.3. The molecular formula is C21H25FN2O2. The zero-order chi connectivity index (χ0) is 18.2. The number of halogens is 1. The zero-order valence-corrected chi connectivity index (χ0v) is 14.9. The molecule has 0 spiro atoms. The molecule has 1 aliphatic rings. The van der Waals surface area contributed by atoms with E-state index in [1.54, 1.807) is 18.2 Å². The topological polar surface area (TPSA) is 41.6 Å². The van der Waals surface area contributed by atoms with Crippen LogP contribution in [0, 0.1) is 5.82 Å². The van der Waals surface area contributed by atoms with E-state index in [2.05, 4.69) is 34.5 Å². The first kappa shape index (κ1) is 18.4. The number of hydrogen-bond acceptors (Lipinski definition) is 3. The minimum atomic E-state index is -0.220. The predicted molar refractivity (Wildman–Crippen MR) is 101 cm³/mol. The fourth-order valence-corrected chi connectivity index (χ4v) is 3.08. The summed E-state index contributed by atoms with van der Waals surface area (Å²) in [6.45, 7) is 3.84. The van der Waals surface area contributed by atoms with Gasteiger partial charge in [-0.1, -0.05) is 30.3 Å². The highest BCUT2D eigenvalue weighted by atomic mass is 19.1. The Morgan fingerprint density at radius 2 is 1.77 bits per heavy atom. The van der Waals surface area contributed by atoms with Gasteiger partial charge in [0.25, 0.3) is 0 Å². The molecule has 4 nitrogen and oxygen atoms in total. The van der Waals surface area contributed by atoms with E-state index in [4.69, 9.17) is 4.74 Å². The number of carbonyl (C=O) groups excluding carboxylic acids is 1. The number of aryl methyl sites for hydroxylation is 1. The molecule has 1 amide bonds. The van der Waals surface area contributed by atoms with Crippen LogP contribution in [0.3, 0.4) is 0 Å². The Labute approximate surface area is 154 Å². The standard InChI is InChI=1S/C21H25FN2O2/c22-20-4-2-1-3-18(20)11-12-23-21(25)10-7-17-5-8-19(9-6-17)24-13-15-26-16-14-24/h1-6,8-9H,7,10-16H2,(H,23,25). The lowest BCUT2D eigenvalue weighted by Gasteiger charge is -2.28. The fraction of sp³-hybridized carbons (Fsp3) is 0.381. The zero-order valence-electron chi connectivity index (χ0n) is 14.9. The van der Waals surface area contributed by atoms with Gasteiger partial charge in [-0.3, -0.25) is 4.79 Å². The van der Waals surface area contributed by atoms with E-state index in [1.807, 2.05) is 0 Å². The second kappa shape index (κ2) is 9.34. The third-order valence-electron chi connectivity index (χ3n) is 4.63. The molecule has 1 aliphatic heterocycles. The molecule has 0 saturated carbocycles. The van der Waals surface area contributed by atoms with Crippen molar-refractivity contribution in [2.75, 3.05) is 37.7 Å². The van der Waals surface area contributed by atoms with Crippen molar-refractivity contribution in [2.24, 2.45) is 0 Å². The molecule has 0 unspecified atom stereocenters. The number of anilines is 1. The van der Waals surface area contributed by atoms with Crippen LogP contribution < -0.4 is 10.2 Å². The maximum atomic E-state index is 13.5. The smallest absolute Gasteiger partial charge is 0.220 e. The van der Waals surface area contributed by atoms with Crippen LogP contribution in [0.25, 0.3) is 0 Å². The Balaban J connectivity index is 1.39. The summed E-state index contributed by atoms with van der Waals surface area (Å²) in [6, 6.07) is 15.0. The number of morpholine rings is 1. The van der Waals surface area contributed by atoms with E-state index in [9.17, 15) is 9.18 Å². The van der Waals surface area contributed by atoms with Crippen molar-refractivity contribution >= 4 is 11.6 Å². The Hall–Kier alpha value is -2.40. The summed E-state index contributed by atoms with van der Waals surface area (Å²) in [5.74, 6) is -0.222. The third kappa shape index (κ3) is 5.30. The van der Waals surface area contributed by atoms with Crippen LogP contribution in [0.15, 0.2) is 48.5 Å². The summed E-state index contributed by atoms with van der Waals surface area (Å²) in [6.07, 6.45) is 1.65. The lowest BCUT2D eigenvalue weighted by Crippen LogP contribution is -2.36. The molecule has 1 N–H and O–H groups in total. The van der Waals surface area contributed by atoms with Crippen molar-refractivity contribution in [3.8, 4) is 0 Å². The van der Waals surface area contributed by atoms with E-state index < -0.39 is 0 Å². The maximum Gasteiger partial charge on any atom is 0.220 e. The molecule has 26 heavy (non-hydrogen) atoms. The van der Waals surface area contributed by atoms with Crippen molar-refractivity contribution in [3.63, 3.8) is 0 Å². The minimum Gasteiger partial charge on any atom is -0.378 e. The van der Waals surface area contributed by atoms with Crippen molar-refractivity contribution in [3.05, 3.63) is 65.5 Å². The van der Waals surface area contributed by atoms with Crippen LogP contribution in [0.2, 0.25) is 0 Å². The number of rotatable bonds is 7. The van der Waals surface area contributed by atoms with Gasteiger partial charge >= 0.3 is 0 Å². The molecule has 2 aromatic carbocycles. The first-order chi connectivity index (χ1) is 12.7. The summed E-state index contributed by atoms with van der Waals surface area (Å²) in [5.41, 5.74) is 2.98. The van der Waals surface area contributed by atoms with Crippen molar-refractivity contribution in [1.29, 1.82) is 0 Å². The lowest BCUT2D eigenvalue weighted by molar-refractivity contribution is -0.121. The molecule has 2 aromatic rings. The van der Waals surface area contributed by atoms with Gasteiger partial charge in [0, 0.05) is 31.7 Å². The van der Waals surface area contributed by atoms with Gasteiger partial charge in [0.15, 0.2) is 0 Å². The molecule has 0 atom stereocenters. The van der Waals surface area contributed by atoms with E-state index >= 15 is 0 Å². The number of ether oxygens (including phenoxy) is 1. The molecule has 0 bridgehead atoms. The SMILES string of the molecule is O=C(CCc1ccc(N2CCOCC2)cc1)NCCc1ccccc1F. The van der Waals surface area contributed by atoms with Gasteiger partial charge in [0.2, 0.25) is 5.91 Å². The van der Waals surface area contributed by atoms with E-state index in [1.165, 1.54) is 11.8 Å². The normalized spacial score (nSPS) is 14.3. The summed E-state index contributed by atoms with van der Waals surface area (Å²) >= 11 is 0. The predicted octanol–water partition coefficient (Wildman–Crippen LogP) is 2.95. The average Bonchev–Trinajstić information content (AvgIpc) is 2.69. The first-order valence-electron chi connectivity index (χ1n) is 9.14. The second-order valence-electron chi connectivity index (χ2n) is 6.46. The molecule has 5 heteroatoms. The Kier molecular flexibility index (Phi) is 6.61. The Bertz CT molecular complexity index is 712. The average molecular weight is 356 g/mol. The van der Waals surface area contributed by atoms with Gasteiger partial charge < -0.3 is 15.0 Å². The van der Waals surface area contributed by atoms with Crippen LogP contribution in [0.4, 0.5) is 10.1 Å². The number of benzene rings is 2. The lowest BCUT2D eigenvalue weighted by atomic mass is 10.1. The van der Waals surface area contributed by atoms with Gasteiger partial charge in [-0.15, -0.1) is 0 Å². The van der Waals surface area contributed by atoms with Crippen molar-refractivity contribution in [1.82, 2.24) is 5.32 Å². The molecule has 1 heterocycles. The molecule has 0 radical (unpaired) electrons. The Morgan fingerprint density at radius 3 is 2.50 bits per heavy atom. The molecule has 0 aliphatic carbocycles. The van der Waals surface area contributed by atoms with Crippen molar-refractivity contribution < 1.29 is 13.9 Å². The van der Waals surface area contributed by atoms with Crippen LogP contribution in [-0.4, -0.2) is 38.8 Å². The van der Waals surface area contributed by atoms with Crippen molar-refractivity contribution in [2.45, 2.75) is 19.3 Å². The largest absolute Gasteiger partial charge is 0.378 e. The molecule has 1 saturated heterocycles. The van der Waals surface area contributed by atoms with Gasteiger partial charge in [0.1, 0.15) is 5.82 Å². The summed E-state index contributed by atoms with van der Waals surface area (Å²) < 4.78 is 18.9. The van der Waals surface area contributed by atoms with Gasteiger partial charge in [-0.25, -0.2) is 4.39 Å². The van der Waals surface area contributed by atoms with Gasteiger partial charge in [0.05, 0.1) is 13.2 Å². The van der Waals surface area contributed by atoms with Gasteiger partial charge in [-0.2, -0.15) is 0 Å².